The molecule has 0 spiro atoms. The smallest absolute Gasteiger partial charge is 0.348 e. The normalized spacial score (nSPS) is 13.8. The minimum Gasteiger partial charge on any atom is -0.386 e. The number of hydrogen-bond acceptors (Lipinski definition) is 3. The van der Waals surface area contributed by atoms with Gasteiger partial charge in [-0.25, -0.2) is 9.59 Å². The van der Waals surface area contributed by atoms with Gasteiger partial charge in [-0.1, -0.05) is 18.7 Å². The SMILES string of the molecule is C=Cc1ccc2c(c1Br)C(=O)OC2=O. The van der Waals surface area contributed by atoms with Crippen molar-refractivity contribution in [2.24, 2.45) is 0 Å². The molecule has 0 aliphatic carbocycles. The average Bonchev–Trinajstić information content (AvgIpc) is 2.44. The average molecular weight is 253 g/mol. The highest BCUT2D eigenvalue weighted by Gasteiger charge is 2.32. The molecule has 70 valence electrons. The Labute approximate surface area is 88.5 Å². The molecule has 0 atom stereocenters. The summed E-state index contributed by atoms with van der Waals surface area (Å²) in [7, 11) is 0. The lowest BCUT2D eigenvalue weighted by Crippen LogP contribution is -1.97. The molecule has 1 aromatic rings. The molecule has 1 heterocycles. The molecule has 0 saturated carbocycles. The summed E-state index contributed by atoms with van der Waals surface area (Å²) in [5.41, 5.74) is 1.34. The minimum absolute atomic E-state index is 0.285. The maximum absolute atomic E-state index is 11.3. The summed E-state index contributed by atoms with van der Waals surface area (Å²) in [5, 5.41) is 0. The number of halogens is 1. The van der Waals surface area contributed by atoms with E-state index in [0.29, 0.717) is 10.0 Å². The summed E-state index contributed by atoms with van der Waals surface area (Å²) in [4.78, 5) is 22.4. The monoisotopic (exact) mass is 252 g/mol. The van der Waals surface area contributed by atoms with Gasteiger partial charge < -0.3 is 4.74 Å². The zero-order valence-electron chi connectivity index (χ0n) is 7.04. The zero-order chi connectivity index (χ0) is 10.3. The Hall–Kier alpha value is -1.42. The van der Waals surface area contributed by atoms with E-state index in [1.165, 1.54) is 0 Å². The van der Waals surface area contributed by atoms with Crippen LogP contribution < -0.4 is 0 Å². The number of fused-ring (bicyclic) bond motifs is 1. The first-order valence-corrected chi connectivity index (χ1v) is 4.66. The molecule has 0 aromatic heterocycles. The van der Waals surface area contributed by atoms with Gasteiger partial charge in [-0.15, -0.1) is 0 Å². The number of esters is 2. The largest absolute Gasteiger partial charge is 0.386 e. The van der Waals surface area contributed by atoms with Gasteiger partial charge in [-0.3, -0.25) is 0 Å². The standard InChI is InChI=1S/C10H5BrO3/c1-2-5-3-4-6-7(8(5)11)10(13)14-9(6)12/h2-4H,1H2. The molecule has 3 nitrogen and oxygen atoms in total. The second-order valence-corrected chi connectivity index (χ2v) is 3.57. The molecule has 14 heavy (non-hydrogen) atoms. The molecule has 2 rings (SSSR count). The number of rotatable bonds is 1. The predicted octanol–water partition coefficient (Wildman–Crippen LogP) is 2.40. The van der Waals surface area contributed by atoms with Gasteiger partial charge in [0, 0.05) is 4.47 Å². The third kappa shape index (κ3) is 1.11. The number of cyclic esters (lactones) is 2. The van der Waals surface area contributed by atoms with Gasteiger partial charge in [-0.05, 0) is 27.6 Å². The maximum Gasteiger partial charge on any atom is 0.348 e. The van der Waals surface area contributed by atoms with E-state index in [1.54, 1.807) is 18.2 Å². The Balaban J connectivity index is 2.76. The fourth-order valence-corrected chi connectivity index (χ4v) is 1.98. The highest BCUT2D eigenvalue weighted by Crippen LogP contribution is 2.31. The Morgan fingerprint density at radius 2 is 2.00 bits per heavy atom. The summed E-state index contributed by atoms with van der Waals surface area (Å²) in [6, 6.07) is 3.26. The lowest BCUT2D eigenvalue weighted by molar-refractivity contribution is 0.0443. The summed E-state index contributed by atoms with van der Waals surface area (Å²) >= 11 is 3.24. The molecule has 0 saturated heterocycles. The van der Waals surface area contributed by atoms with Crippen LogP contribution in [0, 0.1) is 0 Å². The van der Waals surface area contributed by atoms with Gasteiger partial charge in [0.25, 0.3) is 0 Å². The van der Waals surface area contributed by atoms with Crippen LogP contribution >= 0.6 is 15.9 Å². The Kier molecular flexibility index (Phi) is 2.00. The van der Waals surface area contributed by atoms with Crippen LogP contribution in [0.1, 0.15) is 26.3 Å². The van der Waals surface area contributed by atoms with Crippen molar-refractivity contribution in [2.75, 3.05) is 0 Å². The molecule has 0 fully saturated rings. The van der Waals surface area contributed by atoms with Crippen LogP contribution in [0.5, 0.6) is 0 Å². The van der Waals surface area contributed by atoms with Gasteiger partial charge in [0.1, 0.15) is 0 Å². The molecule has 1 aromatic carbocycles. The first-order chi connectivity index (χ1) is 6.65. The molecule has 0 radical (unpaired) electrons. The summed E-state index contributed by atoms with van der Waals surface area (Å²) in [6.07, 6.45) is 1.60. The first-order valence-electron chi connectivity index (χ1n) is 3.86. The van der Waals surface area contributed by atoms with Crippen LogP contribution in [-0.2, 0) is 4.74 Å². The zero-order valence-corrected chi connectivity index (χ0v) is 8.63. The lowest BCUT2D eigenvalue weighted by atomic mass is 10.1. The third-order valence-corrected chi connectivity index (χ3v) is 2.86. The van der Waals surface area contributed by atoms with Gasteiger partial charge in [-0.2, -0.15) is 0 Å². The van der Waals surface area contributed by atoms with E-state index >= 15 is 0 Å². The van der Waals surface area contributed by atoms with E-state index < -0.39 is 11.9 Å². The second-order valence-electron chi connectivity index (χ2n) is 2.77. The minimum atomic E-state index is -0.611. The molecular weight excluding hydrogens is 248 g/mol. The number of carbonyl (C=O) groups is 2. The number of benzene rings is 1. The molecule has 1 aliphatic rings. The molecular formula is C10H5BrO3. The van der Waals surface area contributed by atoms with Crippen molar-refractivity contribution in [2.45, 2.75) is 0 Å². The van der Waals surface area contributed by atoms with Crippen LogP contribution in [0.3, 0.4) is 0 Å². The maximum atomic E-state index is 11.3. The van der Waals surface area contributed by atoms with E-state index in [0.717, 1.165) is 5.56 Å². The lowest BCUT2D eigenvalue weighted by Gasteiger charge is -2.00. The quantitative estimate of drug-likeness (QED) is 0.570. The van der Waals surface area contributed by atoms with Crippen LogP contribution in [0.15, 0.2) is 23.2 Å². The van der Waals surface area contributed by atoms with E-state index in [2.05, 4.69) is 27.2 Å². The second kappa shape index (κ2) is 3.06. The van der Waals surface area contributed by atoms with Crippen molar-refractivity contribution in [1.82, 2.24) is 0 Å². The molecule has 0 bridgehead atoms. The van der Waals surface area contributed by atoms with E-state index in [9.17, 15) is 9.59 Å². The summed E-state index contributed by atoms with van der Waals surface area (Å²) in [5.74, 6) is -1.21. The van der Waals surface area contributed by atoms with Gasteiger partial charge in [0.15, 0.2) is 0 Å². The van der Waals surface area contributed by atoms with Crippen molar-refractivity contribution < 1.29 is 14.3 Å². The Morgan fingerprint density at radius 3 is 2.64 bits per heavy atom. The van der Waals surface area contributed by atoms with Gasteiger partial charge >= 0.3 is 11.9 Å². The summed E-state index contributed by atoms with van der Waals surface area (Å²) < 4.78 is 5.03. The van der Waals surface area contributed by atoms with Crippen molar-refractivity contribution in [3.8, 4) is 0 Å². The van der Waals surface area contributed by atoms with Crippen molar-refractivity contribution in [3.63, 3.8) is 0 Å². The molecule has 0 N–H and O–H groups in total. The van der Waals surface area contributed by atoms with E-state index in [-0.39, 0.29) is 5.56 Å². The van der Waals surface area contributed by atoms with Crippen molar-refractivity contribution in [3.05, 3.63) is 39.9 Å². The molecule has 0 unspecified atom stereocenters. The van der Waals surface area contributed by atoms with Gasteiger partial charge in [0.05, 0.1) is 11.1 Å². The van der Waals surface area contributed by atoms with E-state index in [4.69, 9.17) is 0 Å². The first kappa shape index (κ1) is 9.15. The molecule has 0 amide bonds. The van der Waals surface area contributed by atoms with Crippen LogP contribution in [-0.4, -0.2) is 11.9 Å². The number of hydrogen-bond donors (Lipinski definition) is 0. The third-order valence-electron chi connectivity index (χ3n) is 2.00. The summed E-state index contributed by atoms with van der Waals surface area (Å²) in [6.45, 7) is 3.59. The van der Waals surface area contributed by atoms with Crippen LogP contribution in [0.4, 0.5) is 0 Å². The fraction of sp³-hybridized carbons (Fsp3) is 0. The Morgan fingerprint density at radius 1 is 1.29 bits per heavy atom. The van der Waals surface area contributed by atoms with Crippen LogP contribution in [0.2, 0.25) is 0 Å². The molecule has 4 heteroatoms. The van der Waals surface area contributed by atoms with Crippen molar-refractivity contribution in [1.29, 1.82) is 0 Å². The van der Waals surface area contributed by atoms with Gasteiger partial charge in [0.2, 0.25) is 0 Å². The number of carbonyl (C=O) groups excluding carboxylic acids is 2. The topological polar surface area (TPSA) is 43.4 Å². The van der Waals surface area contributed by atoms with Crippen molar-refractivity contribution >= 4 is 33.9 Å². The van der Waals surface area contributed by atoms with Crippen LogP contribution in [0.25, 0.3) is 6.08 Å². The van der Waals surface area contributed by atoms with E-state index in [1.807, 2.05) is 0 Å². The number of ether oxygens (including phenoxy) is 1. The fourth-order valence-electron chi connectivity index (χ4n) is 1.31. The highest BCUT2D eigenvalue weighted by atomic mass is 79.9. The Bertz CT molecular complexity index is 463. The molecule has 1 aliphatic heterocycles. The highest BCUT2D eigenvalue weighted by molar-refractivity contribution is 9.10. The predicted molar refractivity (Wildman–Crippen MR) is 54.0 cm³/mol.